The molecule has 64 heavy (non-hydrogen) atoms. The number of methoxy groups -OCH3 is 2. The predicted molar refractivity (Wildman–Crippen MR) is 200 cm³/mol. The second-order valence-corrected chi connectivity index (χ2v) is 16.0. The molecule has 0 aliphatic carbocycles. The average Bonchev–Trinajstić information content (AvgIpc) is 4.07. The van der Waals surface area contributed by atoms with Crippen molar-refractivity contribution in [2.75, 3.05) is 46.6 Å². The Kier molecular flexibility index (Phi) is 12.7. The third kappa shape index (κ3) is 8.78. The number of aromatic amines is 2. The van der Waals surface area contributed by atoms with Crippen molar-refractivity contribution >= 4 is 30.7 Å². The average molecular weight is 935 g/mol. The van der Waals surface area contributed by atoms with E-state index >= 15 is 4.57 Å². The number of fused-ring (bicyclic) bond motifs is 2. The first kappa shape index (κ1) is 45.3. The highest BCUT2D eigenvalue weighted by molar-refractivity contribution is 7.48. The van der Waals surface area contributed by atoms with E-state index in [1.165, 1.54) is 24.3 Å². The fourth-order valence-corrected chi connectivity index (χ4v) is 9.24. The molecule has 4 aromatic rings. The molecule has 31 heteroatoms. The predicted octanol–water partition coefficient (Wildman–Crippen LogP) is -2.46. The molecule has 6 N–H and O–H groups in total. The van der Waals surface area contributed by atoms with E-state index in [9.17, 15) is 42.3 Å². The number of nitrogens with zero attached hydrogens (tertiary/aromatic N) is 6. The smallest absolute Gasteiger partial charge is 0.387 e. The van der Waals surface area contributed by atoms with Gasteiger partial charge in [-0.2, -0.15) is 13.2 Å². The summed E-state index contributed by atoms with van der Waals surface area (Å²) in [6.45, 7) is -1.94. The Bertz CT molecular complexity index is 2640. The van der Waals surface area contributed by atoms with Crippen molar-refractivity contribution < 1.29 is 74.4 Å². The Hall–Kier alpha value is -5.24. The fourth-order valence-electron chi connectivity index (χ4n) is 7.65. The number of H-pyrrole nitrogens is 2. The van der Waals surface area contributed by atoms with Crippen molar-refractivity contribution in [3.8, 4) is 0 Å². The molecule has 8 heterocycles. The van der Waals surface area contributed by atoms with Crippen molar-refractivity contribution in [2.45, 2.75) is 79.7 Å². The SMILES string of the molecule is COC[C@H]1O[C@@H](n2ccc(=O)[nH]c2=O)[C@H](OP(=O)(OC[C@H]2O[C@@H](n3cnc4c(N)ncnc43)[C@@H]3OCO[C@@H]32)O[C@H]2[C@@H](NC(=O)C(F)(F)F)[C@H](n3ccc(=O)[nH]c3=O)O[C@@H]2COC)[C@@H]1O. The summed E-state index contributed by atoms with van der Waals surface area (Å²) in [7, 11) is -3.12. The summed E-state index contributed by atoms with van der Waals surface area (Å²) in [6.07, 6.45) is -17.6. The Morgan fingerprint density at radius 3 is 2.12 bits per heavy atom. The third-order valence-corrected chi connectivity index (χ3v) is 12.0. The van der Waals surface area contributed by atoms with Crippen molar-refractivity contribution in [1.29, 1.82) is 0 Å². The van der Waals surface area contributed by atoms with Crippen molar-refractivity contribution in [3.05, 3.63) is 78.9 Å². The minimum absolute atomic E-state index is 0.0605. The fraction of sp³-hybridized carbons (Fsp3) is 0.576. The molecular formula is C33H38F3N10O17P. The molecule has 0 aromatic carbocycles. The van der Waals surface area contributed by atoms with Crippen LogP contribution in [0.15, 0.2) is 56.4 Å². The van der Waals surface area contributed by atoms with Crippen molar-refractivity contribution in [3.63, 3.8) is 0 Å². The highest BCUT2D eigenvalue weighted by Gasteiger charge is 2.57. The van der Waals surface area contributed by atoms with Crippen LogP contribution in [0.1, 0.15) is 18.7 Å². The van der Waals surface area contributed by atoms with E-state index in [1.807, 2.05) is 9.97 Å². The standard InChI is InChI=1S/C33H38F3N10O17P/c1-54-7-13-20(49)23(28(59-13)45-6-4-17(48)42-32(45)52)63-64(53,58-9-15-22-24(57-12-56-22)29(61-15)46-11-40-19-25(37)38-10-39-26(19)46)62-21-14(8-55-2)60-27(18(21)43-30(50)33(34,35)36)44-5-3-16(47)41-31(44)51/h3-6,10-11,13-15,18,20-24,27-29,49H,7-9,12H2,1-2H3,(H,43,50)(H2,37,38,39)(H,41,47,51)(H,42,48,52)/t13-,14-,15-,18-,20-,21-,22-,23-,24-,27-,28-,29-,64?/m1/s1. The lowest BCUT2D eigenvalue weighted by atomic mass is 10.1. The summed E-state index contributed by atoms with van der Waals surface area (Å²) in [4.78, 5) is 78.8. The maximum atomic E-state index is 15.4. The molecule has 13 atom stereocenters. The van der Waals surface area contributed by atoms with Crippen LogP contribution in [0, 0.1) is 0 Å². The number of phosphoric ester groups is 1. The minimum atomic E-state index is -5.53. The molecule has 8 rings (SSSR count). The van der Waals surface area contributed by atoms with E-state index in [1.54, 1.807) is 5.32 Å². The number of aliphatic hydroxyl groups excluding tert-OH is 1. The Morgan fingerprint density at radius 2 is 1.47 bits per heavy atom. The normalized spacial score (nSPS) is 31.3. The van der Waals surface area contributed by atoms with Gasteiger partial charge in [0.25, 0.3) is 11.1 Å². The molecule has 4 aliphatic heterocycles. The third-order valence-electron chi connectivity index (χ3n) is 10.5. The molecule has 1 unspecified atom stereocenters. The zero-order valence-electron chi connectivity index (χ0n) is 33.0. The topological polar surface area (TPSA) is 338 Å². The molecule has 4 aliphatic rings. The van der Waals surface area contributed by atoms with Gasteiger partial charge < -0.3 is 49.3 Å². The second kappa shape index (κ2) is 18.0. The Balaban J connectivity index is 1.18. The van der Waals surface area contributed by atoms with Crippen LogP contribution >= 0.6 is 7.82 Å². The van der Waals surface area contributed by atoms with Crippen LogP contribution < -0.4 is 33.5 Å². The van der Waals surface area contributed by atoms with E-state index in [4.69, 9.17) is 52.5 Å². The number of alkyl halides is 3. The lowest BCUT2D eigenvalue weighted by Gasteiger charge is -2.32. The zero-order chi connectivity index (χ0) is 45.7. The number of carbonyl (C=O) groups is 1. The number of halogens is 3. The van der Waals surface area contributed by atoms with Crippen molar-refractivity contribution in [2.24, 2.45) is 0 Å². The number of hydrogen-bond acceptors (Lipinski definition) is 21. The van der Waals surface area contributed by atoms with Gasteiger partial charge in [0.1, 0.15) is 73.5 Å². The van der Waals surface area contributed by atoms with Gasteiger partial charge in [0.2, 0.25) is 0 Å². The van der Waals surface area contributed by atoms with Crippen LogP contribution in [-0.4, -0.2) is 152 Å². The number of imidazole rings is 1. The van der Waals surface area contributed by atoms with E-state index in [0.717, 1.165) is 36.2 Å². The van der Waals surface area contributed by atoms with Crippen LogP contribution in [0.5, 0.6) is 0 Å². The lowest BCUT2D eigenvalue weighted by molar-refractivity contribution is -0.175. The molecule has 4 aromatic heterocycles. The summed E-state index contributed by atoms with van der Waals surface area (Å²) in [5.41, 5.74) is 2.47. The molecule has 0 bridgehead atoms. The highest BCUT2D eigenvalue weighted by atomic mass is 31.2. The summed E-state index contributed by atoms with van der Waals surface area (Å²) >= 11 is 0. The van der Waals surface area contributed by atoms with Gasteiger partial charge in [-0.3, -0.25) is 51.6 Å². The van der Waals surface area contributed by atoms with Gasteiger partial charge in [-0.1, -0.05) is 0 Å². The second-order valence-electron chi connectivity index (χ2n) is 14.5. The monoisotopic (exact) mass is 934 g/mol. The summed E-state index contributed by atoms with van der Waals surface area (Å²) in [5, 5.41) is 13.2. The number of carbonyl (C=O) groups excluding carboxylic acids is 1. The molecular weight excluding hydrogens is 896 g/mol. The van der Waals surface area contributed by atoms with Crippen LogP contribution in [0.2, 0.25) is 0 Å². The number of rotatable bonds is 15. The molecule has 4 fully saturated rings. The molecule has 0 radical (unpaired) electrons. The van der Waals surface area contributed by atoms with Gasteiger partial charge in [-0.15, -0.1) is 0 Å². The summed E-state index contributed by atoms with van der Waals surface area (Å²) in [6, 6.07) is -0.332. The quantitative estimate of drug-likeness (QED) is 0.0772. The van der Waals surface area contributed by atoms with Crippen LogP contribution in [0.4, 0.5) is 19.0 Å². The minimum Gasteiger partial charge on any atom is -0.387 e. The first-order valence-electron chi connectivity index (χ1n) is 18.9. The van der Waals surface area contributed by atoms with E-state index < -0.39 is 129 Å². The number of phosphoric acid groups is 1. The first-order valence-corrected chi connectivity index (χ1v) is 20.4. The maximum Gasteiger partial charge on any atom is 0.475 e. The number of aromatic nitrogens is 8. The lowest BCUT2D eigenvalue weighted by Crippen LogP contribution is -2.52. The molecule has 0 saturated carbocycles. The van der Waals surface area contributed by atoms with Crippen LogP contribution in [0.3, 0.4) is 0 Å². The number of nitrogens with two attached hydrogens (primary N) is 1. The summed E-state index contributed by atoms with van der Waals surface area (Å²) < 4.78 is 118. The van der Waals surface area contributed by atoms with Gasteiger partial charge in [-0.25, -0.2) is 29.1 Å². The zero-order valence-corrected chi connectivity index (χ0v) is 33.9. The van der Waals surface area contributed by atoms with Crippen LogP contribution in [0.25, 0.3) is 11.2 Å². The number of amides is 1. The highest BCUT2D eigenvalue weighted by Crippen LogP contribution is 2.57. The Labute approximate surface area is 354 Å². The number of anilines is 1. The van der Waals surface area contributed by atoms with Gasteiger partial charge in [0.05, 0.1) is 26.1 Å². The molecule has 1 amide bonds. The number of hydrogen-bond donors (Lipinski definition) is 5. The van der Waals surface area contributed by atoms with E-state index in [-0.39, 0.29) is 30.4 Å². The molecule has 348 valence electrons. The van der Waals surface area contributed by atoms with Gasteiger partial charge in [0, 0.05) is 38.7 Å². The molecule has 0 spiro atoms. The van der Waals surface area contributed by atoms with Gasteiger partial charge >= 0.3 is 31.3 Å². The molecule has 27 nitrogen and oxygen atoms in total. The van der Waals surface area contributed by atoms with Gasteiger partial charge in [0.15, 0.2) is 30.1 Å². The van der Waals surface area contributed by atoms with E-state index in [2.05, 4.69) is 15.0 Å². The number of aliphatic hydroxyl groups is 1. The first-order chi connectivity index (χ1) is 30.5. The van der Waals surface area contributed by atoms with Crippen LogP contribution in [-0.2, 0) is 56.1 Å². The Morgan fingerprint density at radius 1 is 0.859 bits per heavy atom. The van der Waals surface area contributed by atoms with E-state index in [0.29, 0.717) is 4.57 Å². The largest absolute Gasteiger partial charge is 0.475 e. The maximum absolute atomic E-state index is 15.4. The number of ether oxygens (including phenoxy) is 7. The summed E-state index contributed by atoms with van der Waals surface area (Å²) in [5.74, 6) is -2.49. The van der Waals surface area contributed by atoms with Crippen molar-refractivity contribution in [1.82, 2.24) is 43.9 Å². The molecule has 4 saturated heterocycles. The number of nitrogen functional groups attached to an aromatic ring is 1. The number of nitrogens with one attached hydrogen (secondary N) is 3. The van der Waals surface area contributed by atoms with Gasteiger partial charge in [-0.05, 0) is 0 Å².